The van der Waals surface area contributed by atoms with Crippen molar-refractivity contribution in [3.05, 3.63) is 51.9 Å². The van der Waals surface area contributed by atoms with Gasteiger partial charge < -0.3 is 4.42 Å². The first-order valence-electron chi connectivity index (χ1n) is 6.47. The number of hydrogen-bond acceptors (Lipinski definition) is 2. The molecular weight excluding hydrogens is 224 g/mol. The van der Waals surface area contributed by atoms with Crippen molar-refractivity contribution < 1.29 is 4.42 Å². The monoisotopic (exact) mass is 240 g/mol. The molecule has 0 bridgehead atoms. The van der Waals surface area contributed by atoms with Crippen LogP contribution in [0.1, 0.15) is 36.8 Å². The average Bonchev–Trinajstić information content (AvgIpc) is 2.41. The first kappa shape index (κ1) is 11.3. The highest BCUT2D eigenvalue weighted by atomic mass is 16.3. The van der Waals surface area contributed by atoms with E-state index >= 15 is 0 Å². The summed E-state index contributed by atoms with van der Waals surface area (Å²) < 4.78 is 5.59. The lowest BCUT2D eigenvalue weighted by Crippen LogP contribution is -2.09. The Morgan fingerprint density at radius 1 is 1.22 bits per heavy atom. The van der Waals surface area contributed by atoms with Crippen LogP contribution in [0.3, 0.4) is 0 Å². The molecule has 0 fully saturated rings. The molecule has 0 atom stereocenters. The van der Waals surface area contributed by atoms with Crippen LogP contribution in [0, 0.1) is 6.92 Å². The zero-order valence-corrected chi connectivity index (χ0v) is 10.5. The molecule has 2 nitrogen and oxygen atoms in total. The van der Waals surface area contributed by atoms with Gasteiger partial charge in [-0.2, -0.15) is 0 Å². The fraction of sp³-hybridized carbons (Fsp3) is 0.312. The summed E-state index contributed by atoms with van der Waals surface area (Å²) in [7, 11) is 0. The van der Waals surface area contributed by atoms with Crippen LogP contribution in [0.5, 0.6) is 0 Å². The topological polar surface area (TPSA) is 30.2 Å². The summed E-state index contributed by atoms with van der Waals surface area (Å²) in [5.41, 5.74) is 3.76. The van der Waals surface area contributed by atoms with Crippen molar-refractivity contribution in [2.24, 2.45) is 0 Å². The standard InChI is InChI=1S/C16H16O2/c1-11-7-8-15-13(9-11)16(17)14(10-18-15)12-5-3-2-4-6-12/h5,7-10H,2-4,6H2,1H3. The van der Waals surface area contributed by atoms with Crippen molar-refractivity contribution in [2.75, 3.05) is 0 Å². The van der Waals surface area contributed by atoms with Gasteiger partial charge in [0.15, 0.2) is 5.43 Å². The largest absolute Gasteiger partial charge is 0.463 e. The zero-order valence-electron chi connectivity index (χ0n) is 10.5. The van der Waals surface area contributed by atoms with E-state index in [4.69, 9.17) is 4.42 Å². The van der Waals surface area contributed by atoms with E-state index in [2.05, 4.69) is 6.08 Å². The number of allylic oxidation sites excluding steroid dienone is 2. The van der Waals surface area contributed by atoms with Crippen molar-refractivity contribution in [1.29, 1.82) is 0 Å². The highest BCUT2D eigenvalue weighted by molar-refractivity contribution is 5.81. The molecule has 2 heteroatoms. The highest BCUT2D eigenvalue weighted by Gasteiger charge is 2.13. The van der Waals surface area contributed by atoms with E-state index in [9.17, 15) is 4.79 Å². The van der Waals surface area contributed by atoms with Crippen LogP contribution < -0.4 is 5.43 Å². The molecule has 0 amide bonds. The van der Waals surface area contributed by atoms with Crippen LogP contribution in [-0.2, 0) is 0 Å². The molecule has 0 spiro atoms. The summed E-state index contributed by atoms with van der Waals surface area (Å²) in [5.74, 6) is 0. The van der Waals surface area contributed by atoms with E-state index in [0.717, 1.165) is 36.0 Å². The van der Waals surface area contributed by atoms with Crippen LogP contribution >= 0.6 is 0 Å². The SMILES string of the molecule is Cc1ccc2occ(C3=CCCCC3)c(=O)c2c1. The maximum atomic E-state index is 12.5. The second-order valence-electron chi connectivity index (χ2n) is 4.95. The average molecular weight is 240 g/mol. The lowest BCUT2D eigenvalue weighted by Gasteiger charge is -2.12. The fourth-order valence-electron chi connectivity index (χ4n) is 2.55. The Hall–Kier alpha value is -1.83. The Morgan fingerprint density at radius 3 is 2.89 bits per heavy atom. The van der Waals surface area contributed by atoms with Crippen molar-refractivity contribution in [1.82, 2.24) is 0 Å². The van der Waals surface area contributed by atoms with E-state index in [1.807, 2.05) is 25.1 Å². The molecule has 1 aliphatic carbocycles. The molecule has 0 radical (unpaired) electrons. The van der Waals surface area contributed by atoms with Gasteiger partial charge in [0.05, 0.1) is 10.9 Å². The lowest BCUT2D eigenvalue weighted by atomic mass is 9.94. The molecular formula is C16H16O2. The van der Waals surface area contributed by atoms with Gasteiger partial charge in [0.25, 0.3) is 0 Å². The third kappa shape index (κ3) is 1.88. The molecule has 0 saturated heterocycles. The molecule has 2 aromatic rings. The summed E-state index contributed by atoms with van der Waals surface area (Å²) in [6, 6.07) is 5.74. The van der Waals surface area contributed by atoms with Gasteiger partial charge in [0.2, 0.25) is 0 Å². The first-order chi connectivity index (χ1) is 8.75. The number of hydrogen-bond donors (Lipinski definition) is 0. The Labute approximate surface area is 106 Å². The van der Waals surface area contributed by atoms with E-state index in [1.165, 1.54) is 6.42 Å². The maximum Gasteiger partial charge on any atom is 0.200 e. The van der Waals surface area contributed by atoms with Gasteiger partial charge in [0, 0.05) is 0 Å². The summed E-state index contributed by atoms with van der Waals surface area (Å²) in [4.78, 5) is 12.5. The van der Waals surface area contributed by atoms with E-state index in [-0.39, 0.29) is 5.43 Å². The quantitative estimate of drug-likeness (QED) is 0.752. The van der Waals surface area contributed by atoms with Crippen molar-refractivity contribution in [2.45, 2.75) is 32.6 Å². The smallest absolute Gasteiger partial charge is 0.200 e. The van der Waals surface area contributed by atoms with Crippen LogP contribution in [0.25, 0.3) is 16.5 Å². The molecule has 18 heavy (non-hydrogen) atoms. The zero-order chi connectivity index (χ0) is 12.5. The summed E-state index contributed by atoms with van der Waals surface area (Å²) in [6.07, 6.45) is 8.25. The summed E-state index contributed by atoms with van der Waals surface area (Å²) in [6.45, 7) is 1.99. The van der Waals surface area contributed by atoms with Crippen LogP contribution in [-0.4, -0.2) is 0 Å². The predicted molar refractivity (Wildman–Crippen MR) is 73.7 cm³/mol. The normalized spacial score (nSPS) is 15.7. The molecule has 0 aliphatic heterocycles. The van der Waals surface area contributed by atoms with Gasteiger partial charge in [-0.1, -0.05) is 17.7 Å². The van der Waals surface area contributed by atoms with Crippen molar-refractivity contribution >= 4 is 16.5 Å². The molecule has 0 saturated carbocycles. The third-order valence-corrected chi connectivity index (χ3v) is 3.56. The second kappa shape index (κ2) is 4.45. The van der Waals surface area contributed by atoms with Crippen molar-refractivity contribution in [3.8, 4) is 0 Å². The van der Waals surface area contributed by atoms with Gasteiger partial charge in [-0.15, -0.1) is 0 Å². The van der Waals surface area contributed by atoms with Crippen LogP contribution in [0.15, 0.2) is 39.7 Å². The van der Waals surface area contributed by atoms with Crippen molar-refractivity contribution in [3.63, 3.8) is 0 Å². The molecule has 0 unspecified atom stereocenters. The predicted octanol–water partition coefficient (Wildman–Crippen LogP) is 4.06. The van der Waals surface area contributed by atoms with Gasteiger partial charge in [-0.25, -0.2) is 0 Å². The number of rotatable bonds is 1. The summed E-state index contributed by atoms with van der Waals surface area (Å²) >= 11 is 0. The summed E-state index contributed by atoms with van der Waals surface area (Å²) in [5, 5.41) is 0.693. The minimum Gasteiger partial charge on any atom is -0.463 e. The molecule has 1 aromatic carbocycles. The third-order valence-electron chi connectivity index (χ3n) is 3.56. The van der Waals surface area contributed by atoms with Gasteiger partial charge in [0.1, 0.15) is 11.8 Å². The van der Waals surface area contributed by atoms with Crippen LogP contribution in [0.2, 0.25) is 0 Å². The Bertz CT molecular complexity index is 677. The number of fused-ring (bicyclic) bond motifs is 1. The van der Waals surface area contributed by atoms with Gasteiger partial charge >= 0.3 is 0 Å². The van der Waals surface area contributed by atoms with E-state index in [0.29, 0.717) is 11.0 Å². The Morgan fingerprint density at radius 2 is 2.11 bits per heavy atom. The Balaban J connectivity index is 2.22. The molecule has 1 heterocycles. The van der Waals surface area contributed by atoms with E-state index in [1.54, 1.807) is 6.26 Å². The minimum atomic E-state index is 0.105. The lowest BCUT2D eigenvalue weighted by molar-refractivity contribution is 0.598. The first-order valence-corrected chi connectivity index (χ1v) is 6.47. The molecule has 1 aliphatic rings. The number of aryl methyl sites for hydroxylation is 1. The van der Waals surface area contributed by atoms with Gasteiger partial charge in [-0.05, 0) is 50.3 Å². The molecule has 92 valence electrons. The second-order valence-corrected chi connectivity index (χ2v) is 4.95. The highest BCUT2D eigenvalue weighted by Crippen LogP contribution is 2.26. The molecule has 0 N–H and O–H groups in total. The van der Waals surface area contributed by atoms with E-state index < -0.39 is 0 Å². The van der Waals surface area contributed by atoms with Crippen LogP contribution in [0.4, 0.5) is 0 Å². The maximum absolute atomic E-state index is 12.5. The minimum absolute atomic E-state index is 0.105. The number of benzene rings is 1. The Kier molecular flexibility index (Phi) is 2.78. The molecule has 1 aromatic heterocycles. The molecule has 3 rings (SSSR count). The van der Waals surface area contributed by atoms with Gasteiger partial charge in [-0.3, -0.25) is 4.79 Å². The fourth-order valence-corrected chi connectivity index (χ4v) is 2.55.